The van der Waals surface area contributed by atoms with Crippen LogP contribution in [0.3, 0.4) is 0 Å². The maximum absolute atomic E-state index is 12.6. The van der Waals surface area contributed by atoms with Crippen molar-refractivity contribution < 1.29 is 19.7 Å². The predicted molar refractivity (Wildman–Crippen MR) is 125 cm³/mol. The molecule has 1 atom stereocenters. The highest BCUT2D eigenvalue weighted by Crippen LogP contribution is 2.44. The van der Waals surface area contributed by atoms with E-state index in [2.05, 4.69) is 22.1 Å². The Morgan fingerprint density at radius 3 is 2.30 bits per heavy atom. The Hall–Kier alpha value is -4.06. The van der Waals surface area contributed by atoms with Gasteiger partial charge in [-0.3, -0.25) is 4.99 Å². The highest BCUT2D eigenvalue weighted by molar-refractivity contribution is 5.86. The van der Waals surface area contributed by atoms with E-state index in [4.69, 9.17) is 4.74 Å². The zero-order chi connectivity index (χ0) is 22.9. The van der Waals surface area contributed by atoms with E-state index in [1.54, 1.807) is 0 Å². The molecule has 4 aromatic rings. The first kappa shape index (κ1) is 20.8. The highest BCUT2D eigenvalue weighted by Gasteiger charge is 2.27. The molecular formula is C27H23N2O4-. The minimum Gasteiger partial charge on any atom is -0.599 e. The summed E-state index contributed by atoms with van der Waals surface area (Å²) in [7, 11) is 0. The number of H-pyrrole nitrogens is 1. The molecule has 3 aromatic carbocycles. The van der Waals surface area contributed by atoms with Crippen LogP contribution in [0.1, 0.15) is 28.3 Å². The molecule has 0 fully saturated rings. The van der Waals surface area contributed by atoms with Crippen molar-refractivity contribution in [3.8, 4) is 11.1 Å². The molecule has 0 radical (unpaired) electrons. The molecule has 0 spiro atoms. The SMILES string of the molecule is Cc1[nH]c2ccccc2c1CC(N=C([O-])OCC1c2ccccc2-c2ccccc21)C(=O)O. The number of aliphatic imine (C=N–C) groups is 1. The molecule has 2 N–H and O–H groups in total. The van der Waals surface area contributed by atoms with Gasteiger partial charge < -0.3 is 19.9 Å². The zero-order valence-corrected chi connectivity index (χ0v) is 18.1. The second-order valence-corrected chi connectivity index (χ2v) is 8.27. The fourth-order valence-corrected chi connectivity index (χ4v) is 4.74. The first-order chi connectivity index (χ1) is 16.0. The normalized spacial score (nSPS) is 14.2. The van der Waals surface area contributed by atoms with Crippen LogP contribution in [0.5, 0.6) is 0 Å². The van der Waals surface area contributed by atoms with Crippen molar-refractivity contribution >= 4 is 23.0 Å². The fraction of sp³-hybridized carbons (Fsp3) is 0.185. The quantitative estimate of drug-likeness (QED) is 0.350. The number of nitrogens with zero attached hydrogens (tertiary/aromatic N) is 1. The van der Waals surface area contributed by atoms with E-state index in [1.807, 2.05) is 67.6 Å². The average Bonchev–Trinajstić information content (AvgIpc) is 3.31. The maximum Gasteiger partial charge on any atom is 0.328 e. The summed E-state index contributed by atoms with van der Waals surface area (Å²) < 4.78 is 5.48. The Labute approximate surface area is 191 Å². The van der Waals surface area contributed by atoms with Gasteiger partial charge in [0.15, 0.2) is 6.04 Å². The lowest BCUT2D eigenvalue weighted by Crippen LogP contribution is -2.30. The van der Waals surface area contributed by atoms with E-state index in [-0.39, 0.29) is 18.9 Å². The lowest BCUT2D eigenvalue weighted by atomic mass is 9.98. The average molecular weight is 439 g/mol. The summed E-state index contributed by atoms with van der Waals surface area (Å²) in [5, 5.41) is 23.2. The smallest absolute Gasteiger partial charge is 0.328 e. The number of fused-ring (bicyclic) bond motifs is 4. The molecule has 6 nitrogen and oxygen atoms in total. The van der Waals surface area contributed by atoms with Gasteiger partial charge in [0.05, 0.1) is 0 Å². The van der Waals surface area contributed by atoms with Gasteiger partial charge in [0.25, 0.3) is 0 Å². The molecule has 166 valence electrons. The number of aromatic nitrogens is 1. The van der Waals surface area contributed by atoms with E-state index >= 15 is 0 Å². The molecule has 33 heavy (non-hydrogen) atoms. The van der Waals surface area contributed by atoms with Crippen molar-refractivity contribution in [2.75, 3.05) is 6.61 Å². The van der Waals surface area contributed by atoms with Gasteiger partial charge in [-0.2, -0.15) is 0 Å². The molecule has 1 unspecified atom stereocenters. The molecule has 0 bridgehead atoms. The summed E-state index contributed by atoms with van der Waals surface area (Å²) in [6.45, 7) is 2.00. The first-order valence-corrected chi connectivity index (χ1v) is 10.9. The molecule has 1 aromatic heterocycles. The molecule has 1 aliphatic rings. The number of hydrogen-bond donors (Lipinski definition) is 2. The summed E-state index contributed by atoms with van der Waals surface area (Å²) in [4.78, 5) is 19.0. The van der Waals surface area contributed by atoms with Gasteiger partial charge in [-0.25, -0.2) is 4.79 Å². The van der Waals surface area contributed by atoms with Crippen molar-refractivity contribution in [1.82, 2.24) is 4.98 Å². The van der Waals surface area contributed by atoms with Gasteiger partial charge in [0.2, 0.25) is 0 Å². The van der Waals surface area contributed by atoms with Crippen molar-refractivity contribution in [3.63, 3.8) is 0 Å². The van der Waals surface area contributed by atoms with Gasteiger partial charge in [0, 0.05) is 35.5 Å². The zero-order valence-electron chi connectivity index (χ0n) is 18.1. The van der Waals surface area contributed by atoms with Crippen LogP contribution in [0.25, 0.3) is 22.0 Å². The molecule has 0 aliphatic heterocycles. The van der Waals surface area contributed by atoms with E-state index in [0.29, 0.717) is 0 Å². The van der Waals surface area contributed by atoms with Crippen molar-refractivity contribution in [1.29, 1.82) is 0 Å². The number of para-hydroxylation sites is 1. The molecular weight excluding hydrogens is 416 g/mol. The van der Waals surface area contributed by atoms with Crippen molar-refractivity contribution in [3.05, 3.63) is 95.2 Å². The maximum atomic E-state index is 12.6. The minimum atomic E-state index is -1.22. The lowest BCUT2D eigenvalue weighted by molar-refractivity contribution is -0.251. The third-order valence-corrected chi connectivity index (χ3v) is 6.31. The van der Waals surface area contributed by atoms with Gasteiger partial charge >= 0.3 is 5.97 Å². The Morgan fingerprint density at radius 2 is 1.64 bits per heavy atom. The Balaban J connectivity index is 1.36. The van der Waals surface area contributed by atoms with E-state index in [9.17, 15) is 15.0 Å². The van der Waals surface area contributed by atoms with Gasteiger partial charge in [-0.15, -0.1) is 0 Å². The molecule has 5 rings (SSSR count). The van der Waals surface area contributed by atoms with Gasteiger partial charge in [-0.05, 0) is 40.8 Å². The van der Waals surface area contributed by atoms with Gasteiger partial charge in [0.1, 0.15) is 6.08 Å². The van der Waals surface area contributed by atoms with Crippen LogP contribution in [0.2, 0.25) is 0 Å². The number of rotatable bonds is 6. The molecule has 0 saturated heterocycles. The van der Waals surface area contributed by atoms with E-state index in [1.165, 1.54) is 0 Å². The van der Waals surface area contributed by atoms with Crippen LogP contribution in [-0.4, -0.2) is 34.8 Å². The molecule has 0 saturated carbocycles. The molecule has 1 aliphatic carbocycles. The molecule has 1 heterocycles. The molecule has 6 heteroatoms. The van der Waals surface area contributed by atoms with Gasteiger partial charge in [-0.1, -0.05) is 66.7 Å². The number of carbonyl (C=O) groups is 1. The summed E-state index contributed by atoms with van der Waals surface area (Å²) in [6, 6.07) is 22.6. The highest BCUT2D eigenvalue weighted by atomic mass is 16.6. The van der Waals surface area contributed by atoms with E-state index < -0.39 is 18.1 Å². The van der Waals surface area contributed by atoms with Crippen molar-refractivity contribution in [2.45, 2.75) is 25.3 Å². The number of aromatic amines is 1. The first-order valence-electron chi connectivity index (χ1n) is 10.9. The summed E-state index contributed by atoms with van der Waals surface area (Å²) in [5.74, 6) is -1.26. The number of carboxylic acids is 1. The van der Waals surface area contributed by atoms with Crippen LogP contribution < -0.4 is 5.11 Å². The summed E-state index contributed by atoms with van der Waals surface area (Å²) >= 11 is 0. The van der Waals surface area contributed by atoms with Crippen LogP contribution in [0.15, 0.2) is 77.8 Å². The Bertz CT molecular complexity index is 1330. The number of hydrogen-bond acceptors (Lipinski definition) is 4. The number of benzene rings is 3. The van der Waals surface area contributed by atoms with Crippen molar-refractivity contribution in [2.24, 2.45) is 4.99 Å². The third-order valence-electron chi connectivity index (χ3n) is 6.31. The number of carboxylic acid groups (broad SMARTS) is 1. The van der Waals surface area contributed by atoms with Crippen LogP contribution in [0, 0.1) is 6.92 Å². The third kappa shape index (κ3) is 3.84. The van der Waals surface area contributed by atoms with E-state index in [0.717, 1.165) is 44.4 Å². The second-order valence-electron chi connectivity index (χ2n) is 8.27. The second kappa shape index (κ2) is 8.47. The Kier molecular flexibility index (Phi) is 5.34. The minimum absolute atomic E-state index is 0.101. The largest absolute Gasteiger partial charge is 0.599 e. The topological polar surface area (TPSA) is 97.7 Å². The predicted octanol–water partition coefficient (Wildman–Crippen LogP) is 4.02. The monoisotopic (exact) mass is 439 g/mol. The van der Waals surface area contributed by atoms with Crippen LogP contribution >= 0.6 is 0 Å². The molecule has 0 amide bonds. The summed E-state index contributed by atoms with van der Waals surface area (Å²) in [6.07, 6.45) is -0.753. The summed E-state index contributed by atoms with van der Waals surface area (Å²) in [5.41, 5.74) is 7.08. The standard InChI is InChI=1S/C27H24N2O4/c1-16-22(21-12-6-7-13-24(21)28-16)14-25(26(30)31)29-27(32)33-15-23-19-10-4-2-8-17(19)18-9-3-5-11-20(18)23/h2-13,23,25,28H,14-15H2,1H3,(H,29,32)(H,30,31)/p-1. The fourth-order valence-electron chi connectivity index (χ4n) is 4.74. The van der Waals surface area contributed by atoms with Crippen LogP contribution in [-0.2, 0) is 16.0 Å². The number of aliphatic carboxylic acids is 1. The lowest BCUT2D eigenvalue weighted by Gasteiger charge is -2.22. The Morgan fingerprint density at radius 1 is 1.03 bits per heavy atom. The number of aryl methyl sites for hydroxylation is 1. The number of nitrogens with one attached hydrogen (secondary N) is 1. The number of ether oxygens (including phenoxy) is 1. The van der Waals surface area contributed by atoms with Crippen LogP contribution in [0.4, 0.5) is 0 Å².